The van der Waals surface area contributed by atoms with Crippen molar-refractivity contribution in [2.45, 2.75) is 30.1 Å². The van der Waals surface area contributed by atoms with E-state index in [1.54, 1.807) is 28.8 Å². The number of aromatic nitrogens is 3. The van der Waals surface area contributed by atoms with Crippen LogP contribution in [-0.4, -0.2) is 47.2 Å². The van der Waals surface area contributed by atoms with E-state index < -0.39 is 10.0 Å². The van der Waals surface area contributed by atoms with E-state index in [2.05, 4.69) is 10.2 Å². The molecule has 0 bridgehead atoms. The van der Waals surface area contributed by atoms with Gasteiger partial charge in [0.05, 0.1) is 11.5 Å². The number of piperidine rings is 1. The van der Waals surface area contributed by atoms with E-state index in [9.17, 15) is 8.42 Å². The molecule has 1 saturated heterocycles. The Bertz CT molecular complexity index is 862. The molecule has 1 aromatic carbocycles. The molecule has 0 aliphatic carbocycles. The van der Waals surface area contributed by atoms with Crippen molar-refractivity contribution in [3.05, 3.63) is 35.9 Å². The summed E-state index contributed by atoms with van der Waals surface area (Å²) in [5, 5.41) is 8.06. The predicted octanol–water partition coefficient (Wildman–Crippen LogP) is 1.32. The van der Waals surface area contributed by atoms with Gasteiger partial charge in [0.15, 0.2) is 0 Å². The van der Waals surface area contributed by atoms with E-state index in [4.69, 9.17) is 4.74 Å². The maximum atomic E-state index is 13.0. The number of aryl methyl sites for hydroxylation is 1. The van der Waals surface area contributed by atoms with Crippen LogP contribution in [0, 0.1) is 0 Å². The number of hydrogen-bond donors (Lipinski definition) is 0. The van der Waals surface area contributed by atoms with Crippen molar-refractivity contribution in [2.24, 2.45) is 7.05 Å². The van der Waals surface area contributed by atoms with E-state index in [0.29, 0.717) is 24.6 Å². The molecular weight excluding hydrogens is 328 g/mol. The molecule has 1 unspecified atom stereocenters. The average molecular weight is 348 g/mol. The molecule has 0 amide bonds. The van der Waals surface area contributed by atoms with E-state index in [1.807, 2.05) is 11.6 Å². The Morgan fingerprint density at radius 1 is 1.33 bits per heavy atom. The Morgan fingerprint density at radius 2 is 2.21 bits per heavy atom. The second kappa shape index (κ2) is 5.86. The molecule has 24 heavy (non-hydrogen) atoms. The molecule has 3 heterocycles. The van der Waals surface area contributed by atoms with Gasteiger partial charge in [-0.25, -0.2) is 8.42 Å². The minimum absolute atomic E-state index is 0.0822. The SMILES string of the molecule is Cn1cnnc1C1CCCN(S(=O)(=O)c2ccc3c(c2)CCO3)C1. The largest absolute Gasteiger partial charge is 0.493 e. The molecule has 4 rings (SSSR count). The van der Waals surface area contributed by atoms with Gasteiger partial charge in [-0.15, -0.1) is 10.2 Å². The van der Waals surface area contributed by atoms with Crippen molar-refractivity contribution in [3.63, 3.8) is 0 Å². The number of rotatable bonds is 3. The van der Waals surface area contributed by atoms with Crippen LogP contribution in [0.5, 0.6) is 5.75 Å². The third kappa shape index (κ3) is 2.59. The number of hydrogen-bond acceptors (Lipinski definition) is 5. The molecule has 1 fully saturated rings. The third-order valence-electron chi connectivity index (χ3n) is 4.79. The third-order valence-corrected chi connectivity index (χ3v) is 6.66. The van der Waals surface area contributed by atoms with Crippen molar-refractivity contribution in [3.8, 4) is 5.75 Å². The molecule has 2 aliphatic heterocycles. The Morgan fingerprint density at radius 3 is 3.00 bits per heavy atom. The zero-order chi connectivity index (χ0) is 16.7. The molecule has 1 atom stereocenters. The van der Waals surface area contributed by atoms with E-state index in [1.165, 1.54) is 0 Å². The van der Waals surface area contributed by atoms with E-state index in [0.717, 1.165) is 36.4 Å². The van der Waals surface area contributed by atoms with Gasteiger partial charge >= 0.3 is 0 Å². The molecule has 2 aliphatic rings. The number of ether oxygens (including phenoxy) is 1. The highest BCUT2D eigenvalue weighted by atomic mass is 32.2. The molecule has 0 saturated carbocycles. The van der Waals surface area contributed by atoms with Gasteiger partial charge < -0.3 is 9.30 Å². The second-order valence-electron chi connectivity index (χ2n) is 6.37. The molecule has 2 aromatic rings. The maximum absolute atomic E-state index is 13.0. The first kappa shape index (κ1) is 15.6. The van der Waals surface area contributed by atoms with Crippen LogP contribution in [0.15, 0.2) is 29.4 Å². The summed E-state index contributed by atoms with van der Waals surface area (Å²) in [4.78, 5) is 0.352. The summed E-state index contributed by atoms with van der Waals surface area (Å²) in [5.41, 5.74) is 0.970. The molecule has 8 heteroatoms. The van der Waals surface area contributed by atoms with Crippen molar-refractivity contribution in [2.75, 3.05) is 19.7 Å². The quantitative estimate of drug-likeness (QED) is 0.836. The van der Waals surface area contributed by atoms with E-state index >= 15 is 0 Å². The molecule has 0 N–H and O–H groups in total. The first-order valence-electron chi connectivity index (χ1n) is 8.15. The molecule has 0 spiro atoms. The van der Waals surface area contributed by atoms with Gasteiger partial charge in [0.1, 0.15) is 17.9 Å². The molecule has 0 radical (unpaired) electrons. The Kier molecular flexibility index (Phi) is 3.80. The van der Waals surface area contributed by atoms with Crippen LogP contribution in [0.25, 0.3) is 0 Å². The zero-order valence-electron chi connectivity index (χ0n) is 13.6. The standard InChI is InChI=1S/C16H20N4O3S/c1-19-11-17-18-16(19)13-3-2-7-20(10-13)24(21,22)14-4-5-15-12(9-14)6-8-23-15/h4-5,9,11,13H,2-3,6-8,10H2,1H3. The van der Waals surface area contributed by atoms with Crippen LogP contribution in [0.3, 0.4) is 0 Å². The van der Waals surface area contributed by atoms with Gasteiger partial charge in [-0.3, -0.25) is 0 Å². The lowest BCUT2D eigenvalue weighted by Crippen LogP contribution is -2.39. The molecular formula is C16H20N4O3S. The number of sulfonamides is 1. The van der Waals surface area contributed by atoms with E-state index in [-0.39, 0.29) is 5.92 Å². The van der Waals surface area contributed by atoms with Gasteiger partial charge in [0.25, 0.3) is 0 Å². The predicted molar refractivity (Wildman–Crippen MR) is 87.4 cm³/mol. The van der Waals surface area contributed by atoms with Crippen molar-refractivity contribution in [1.29, 1.82) is 0 Å². The average Bonchev–Trinajstić information content (AvgIpc) is 3.22. The molecule has 128 valence electrons. The monoisotopic (exact) mass is 348 g/mol. The summed E-state index contributed by atoms with van der Waals surface area (Å²) in [5.74, 6) is 1.72. The minimum Gasteiger partial charge on any atom is -0.493 e. The Hall–Kier alpha value is -1.93. The van der Waals surface area contributed by atoms with Crippen molar-refractivity contribution in [1.82, 2.24) is 19.1 Å². The van der Waals surface area contributed by atoms with Gasteiger partial charge in [-0.1, -0.05) is 0 Å². The summed E-state index contributed by atoms with van der Waals surface area (Å²) in [6.45, 7) is 1.61. The first-order chi connectivity index (χ1) is 11.6. The highest BCUT2D eigenvalue weighted by Gasteiger charge is 2.33. The van der Waals surface area contributed by atoms with Gasteiger partial charge in [0.2, 0.25) is 10.0 Å². The van der Waals surface area contributed by atoms with Crippen molar-refractivity contribution >= 4 is 10.0 Å². The lowest BCUT2D eigenvalue weighted by atomic mass is 9.99. The Balaban J connectivity index is 1.61. The lowest BCUT2D eigenvalue weighted by Gasteiger charge is -2.31. The fourth-order valence-electron chi connectivity index (χ4n) is 3.51. The highest BCUT2D eigenvalue weighted by Crippen LogP contribution is 2.32. The number of fused-ring (bicyclic) bond motifs is 1. The lowest BCUT2D eigenvalue weighted by molar-refractivity contribution is 0.306. The van der Waals surface area contributed by atoms with Crippen LogP contribution in [0.4, 0.5) is 0 Å². The zero-order valence-corrected chi connectivity index (χ0v) is 14.4. The van der Waals surface area contributed by atoms with Crippen LogP contribution < -0.4 is 4.74 Å². The Labute approximate surface area is 141 Å². The summed E-state index contributed by atoms with van der Waals surface area (Å²) < 4.78 is 35.0. The topological polar surface area (TPSA) is 77.3 Å². The summed E-state index contributed by atoms with van der Waals surface area (Å²) in [6.07, 6.45) is 4.17. The van der Waals surface area contributed by atoms with Crippen LogP contribution in [-0.2, 0) is 23.5 Å². The highest BCUT2D eigenvalue weighted by molar-refractivity contribution is 7.89. The molecule has 1 aromatic heterocycles. The fraction of sp³-hybridized carbons (Fsp3) is 0.500. The summed E-state index contributed by atoms with van der Waals surface area (Å²) in [7, 11) is -1.61. The van der Waals surface area contributed by atoms with Crippen LogP contribution in [0.2, 0.25) is 0 Å². The van der Waals surface area contributed by atoms with Gasteiger partial charge in [-0.05, 0) is 36.6 Å². The summed E-state index contributed by atoms with van der Waals surface area (Å²) in [6, 6.07) is 5.16. The fourth-order valence-corrected chi connectivity index (χ4v) is 5.08. The van der Waals surface area contributed by atoms with Gasteiger partial charge in [0, 0.05) is 32.5 Å². The minimum atomic E-state index is -3.50. The smallest absolute Gasteiger partial charge is 0.243 e. The van der Waals surface area contributed by atoms with Crippen molar-refractivity contribution < 1.29 is 13.2 Å². The van der Waals surface area contributed by atoms with Gasteiger partial charge in [-0.2, -0.15) is 4.31 Å². The second-order valence-corrected chi connectivity index (χ2v) is 8.31. The number of nitrogens with zero attached hydrogens (tertiary/aromatic N) is 4. The number of benzene rings is 1. The first-order valence-corrected chi connectivity index (χ1v) is 9.59. The maximum Gasteiger partial charge on any atom is 0.243 e. The van der Waals surface area contributed by atoms with Crippen LogP contribution >= 0.6 is 0 Å². The van der Waals surface area contributed by atoms with Crippen LogP contribution in [0.1, 0.15) is 30.1 Å². The molecule has 7 nitrogen and oxygen atoms in total. The summed E-state index contributed by atoms with van der Waals surface area (Å²) >= 11 is 0. The normalized spacial score (nSPS) is 21.5.